The minimum absolute atomic E-state index is 0.431. The molecule has 1 aliphatic carbocycles. The first-order valence-electron chi connectivity index (χ1n) is 9.71. The molecule has 2 aromatic rings. The highest BCUT2D eigenvalue weighted by atomic mass is 14.7. The van der Waals surface area contributed by atoms with E-state index in [-0.39, 0.29) is 0 Å². The van der Waals surface area contributed by atoms with Gasteiger partial charge in [0.1, 0.15) is 0 Å². The van der Waals surface area contributed by atoms with Crippen molar-refractivity contribution < 1.29 is 0 Å². The third kappa shape index (κ3) is 3.14. The lowest BCUT2D eigenvalue weighted by Crippen LogP contribution is -2.33. The summed E-state index contributed by atoms with van der Waals surface area (Å²) in [6.45, 7) is 9.09. The Labute approximate surface area is 160 Å². The lowest BCUT2D eigenvalue weighted by atomic mass is 9.90. The number of allylic oxidation sites excluding steroid dienone is 3. The van der Waals surface area contributed by atoms with Gasteiger partial charge >= 0.3 is 0 Å². The van der Waals surface area contributed by atoms with Crippen LogP contribution in [0, 0.1) is 5.92 Å². The van der Waals surface area contributed by atoms with E-state index < -0.39 is 0 Å². The predicted octanol–water partition coefficient (Wildman–Crippen LogP) is 3.21. The zero-order valence-corrected chi connectivity index (χ0v) is 16.1. The van der Waals surface area contributed by atoms with Gasteiger partial charge in [-0.05, 0) is 49.9 Å². The van der Waals surface area contributed by atoms with Crippen molar-refractivity contribution in [1.82, 2.24) is 0 Å². The van der Waals surface area contributed by atoms with E-state index in [0.29, 0.717) is 12.5 Å². The predicted molar refractivity (Wildman–Crippen MR) is 118 cm³/mol. The van der Waals surface area contributed by atoms with E-state index in [1.807, 2.05) is 12.3 Å². The summed E-state index contributed by atoms with van der Waals surface area (Å²) < 4.78 is 0. The first-order valence-corrected chi connectivity index (χ1v) is 9.71. The van der Waals surface area contributed by atoms with Crippen molar-refractivity contribution in [3.05, 3.63) is 81.1 Å². The average Bonchev–Trinajstić information content (AvgIpc) is 2.96. The van der Waals surface area contributed by atoms with Crippen LogP contribution in [0.25, 0.3) is 35.4 Å². The van der Waals surface area contributed by atoms with Crippen molar-refractivity contribution in [1.29, 1.82) is 0 Å². The Balaban J connectivity index is 2.25. The largest absolute Gasteiger partial charge is 0.288 e. The Hall–Kier alpha value is -2.93. The van der Waals surface area contributed by atoms with Crippen molar-refractivity contribution in [3.8, 4) is 11.1 Å². The second kappa shape index (κ2) is 7.36. The zero-order chi connectivity index (χ0) is 18.8. The highest BCUT2D eigenvalue weighted by Crippen LogP contribution is 2.23. The van der Waals surface area contributed by atoms with E-state index >= 15 is 0 Å². The van der Waals surface area contributed by atoms with Crippen LogP contribution in [0.3, 0.4) is 0 Å². The molecule has 1 heteroatoms. The van der Waals surface area contributed by atoms with Crippen LogP contribution < -0.4 is 20.9 Å². The highest BCUT2D eigenvalue weighted by Gasteiger charge is 2.16. The third-order valence-corrected chi connectivity index (χ3v) is 5.25. The average molecular weight is 351 g/mol. The molecule has 1 heterocycles. The lowest BCUT2D eigenvalue weighted by molar-refractivity contribution is 0.997. The fourth-order valence-corrected chi connectivity index (χ4v) is 4.08. The second-order valence-electron chi connectivity index (χ2n) is 7.20. The highest BCUT2D eigenvalue weighted by molar-refractivity contribution is 5.93. The maximum atomic E-state index is 4.70. The van der Waals surface area contributed by atoms with Gasteiger partial charge in [-0.15, -0.1) is 0 Å². The van der Waals surface area contributed by atoms with Gasteiger partial charge in [-0.2, -0.15) is 0 Å². The molecule has 0 radical (unpaired) electrons. The Morgan fingerprint density at radius 1 is 1.19 bits per heavy atom. The maximum absolute atomic E-state index is 4.70. The molecule has 134 valence electrons. The lowest BCUT2D eigenvalue weighted by Gasteiger charge is -2.12. The Morgan fingerprint density at radius 2 is 2.07 bits per heavy atom. The summed E-state index contributed by atoms with van der Waals surface area (Å²) in [4.78, 5) is 4.70. The summed E-state index contributed by atoms with van der Waals surface area (Å²) in [6.07, 6.45) is 18.4. The first kappa shape index (κ1) is 17.5. The van der Waals surface area contributed by atoms with Crippen molar-refractivity contribution in [2.75, 3.05) is 0 Å². The summed E-state index contributed by atoms with van der Waals surface area (Å²) in [7, 11) is 0. The Bertz CT molecular complexity index is 1210. The van der Waals surface area contributed by atoms with Crippen LogP contribution >= 0.6 is 0 Å². The third-order valence-electron chi connectivity index (χ3n) is 5.25. The fraction of sp³-hybridized carbons (Fsp3) is 0.192. The molecule has 1 nitrogen and oxygen atoms in total. The molecule has 1 atom stereocenters. The van der Waals surface area contributed by atoms with Gasteiger partial charge in [0.25, 0.3) is 0 Å². The number of rotatable bonds is 2. The number of hydrogen-bond acceptors (Lipinski definition) is 1. The molecule has 1 unspecified atom stereocenters. The zero-order valence-electron chi connectivity index (χ0n) is 16.1. The number of aliphatic imine (C=N–C) groups is 1. The van der Waals surface area contributed by atoms with Gasteiger partial charge in [-0.25, -0.2) is 0 Å². The standard InChI is InChI=1S/C26H25N/c1-4-7-19-11-13-21-16-27-17-22-14-12-20-15-18(3)9-6-10-24(20)26(22)25(21)23(19)8-5-2/h5-16,18H,2,4,17H2,1,3H3/b19-7-,23-8+. The van der Waals surface area contributed by atoms with Gasteiger partial charge < -0.3 is 0 Å². The van der Waals surface area contributed by atoms with Crippen LogP contribution in [0.5, 0.6) is 0 Å². The van der Waals surface area contributed by atoms with Crippen LogP contribution in [0.1, 0.15) is 31.4 Å². The molecule has 0 N–H and O–H groups in total. The number of benzene rings is 2. The normalized spacial score (nSPS) is 18.5. The van der Waals surface area contributed by atoms with Crippen molar-refractivity contribution >= 4 is 30.5 Å². The van der Waals surface area contributed by atoms with Crippen LogP contribution in [-0.2, 0) is 6.54 Å². The summed E-state index contributed by atoms with van der Waals surface area (Å²) in [5.41, 5.74) is 5.05. The molecule has 2 aromatic carbocycles. The van der Waals surface area contributed by atoms with Gasteiger partial charge in [0.05, 0.1) is 6.54 Å². The number of nitrogens with zero attached hydrogens (tertiary/aromatic N) is 1. The van der Waals surface area contributed by atoms with Crippen molar-refractivity contribution in [3.63, 3.8) is 0 Å². The molecule has 2 aliphatic rings. The fourth-order valence-electron chi connectivity index (χ4n) is 4.08. The quantitative estimate of drug-likeness (QED) is 0.788. The Morgan fingerprint density at radius 3 is 2.89 bits per heavy atom. The molecular weight excluding hydrogens is 326 g/mol. The minimum atomic E-state index is 0.431. The smallest absolute Gasteiger partial charge is 0.0646 e. The van der Waals surface area contributed by atoms with Crippen LogP contribution in [-0.4, -0.2) is 6.21 Å². The van der Waals surface area contributed by atoms with E-state index in [4.69, 9.17) is 4.99 Å². The topological polar surface area (TPSA) is 12.4 Å². The van der Waals surface area contributed by atoms with Gasteiger partial charge in [-0.3, -0.25) is 4.99 Å². The summed E-state index contributed by atoms with van der Waals surface area (Å²) in [5.74, 6) is 0.431. The molecule has 0 saturated carbocycles. The molecule has 0 fully saturated rings. The first-order chi connectivity index (χ1) is 13.2. The van der Waals surface area contributed by atoms with Gasteiger partial charge in [0.15, 0.2) is 0 Å². The van der Waals surface area contributed by atoms with E-state index in [1.165, 1.54) is 43.1 Å². The van der Waals surface area contributed by atoms with E-state index in [1.54, 1.807) is 0 Å². The van der Waals surface area contributed by atoms with E-state index in [9.17, 15) is 0 Å². The number of hydrogen-bond donors (Lipinski definition) is 0. The summed E-state index contributed by atoms with van der Waals surface area (Å²) >= 11 is 0. The molecule has 0 spiro atoms. The molecule has 27 heavy (non-hydrogen) atoms. The number of fused-ring (bicyclic) bond motifs is 5. The van der Waals surface area contributed by atoms with Crippen LogP contribution in [0.4, 0.5) is 0 Å². The Kier molecular flexibility index (Phi) is 4.77. The van der Waals surface area contributed by atoms with E-state index in [2.05, 4.69) is 81.1 Å². The summed E-state index contributed by atoms with van der Waals surface area (Å²) in [5, 5.41) is 5.10. The van der Waals surface area contributed by atoms with Gasteiger partial charge in [0.2, 0.25) is 0 Å². The van der Waals surface area contributed by atoms with E-state index in [0.717, 1.165) is 6.42 Å². The van der Waals surface area contributed by atoms with Crippen LogP contribution in [0.15, 0.2) is 54.1 Å². The minimum Gasteiger partial charge on any atom is -0.288 e. The second-order valence-corrected chi connectivity index (χ2v) is 7.20. The molecule has 0 aromatic heterocycles. The SMILES string of the molecule is C=C/C=c1/c2c(cc/c1=C/CC)C=NCc1ccc3c(c1-2)=CC=CC(C)C=3. The monoisotopic (exact) mass is 351 g/mol. The molecule has 0 saturated heterocycles. The molecule has 0 bridgehead atoms. The summed E-state index contributed by atoms with van der Waals surface area (Å²) in [6, 6.07) is 8.90. The molecule has 0 amide bonds. The molecule has 4 rings (SSSR count). The van der Waals surface area contributed by atoms with Gasteiger partial charge in [0, 0.05) is 11.8 Å². The maximum Gasteiger partial charge on any atom is 0.0646 e. The van der Waals surface area contributed by atoms with Gasteiger partial charge in [-0.1, -0.05) is 87.2 Å². The van der Waals surface area contributed by atoms with Crippen molar-refractivity contribution in [2.45, 2.75) is 26.8 Å². The molecule has 1 aliphatic heterocycles. The van der Waals surface area contributed by atoms with Crippen molar-refractivity contribution in [2.24, 2.45) is 10.9 Å². The molecular formula is C26H25N. The van der Waals surface area contributed by atoms with Crippen LogP contribution in [0.2, 0.25) is 0 Å².